The van der Waals surface area contributed by atoms with Gasteiger partial charge in [0.25, 0.3) is 0 Å². The molecule has 18 heavy (non-hydrogen) atoms. The summed E-state index contributed by atoms with van der Waals surface area (Å²) in [5.41, 5.74) is 8.85. The predicted octanol–water partition coefficient (Wildman–Crippen LogP) is 3.26. The first-order valence-electron chi connectivity index (χ1n) is 7.18. The molecule has 1 aliphatic heterocycles. The SMILES string of the molecule is Cc1ccccc1C(CN)N1[C@H](C)CCC[C@@H]1C. The molecule has 0 radical (unpaired) electrons. The van der Waals surface area contributed by atoms with Gasteiger partial charge < -0.3 is 5.73 Å². The van der Waals surface area contributed by atoms with E-state index >= 15 is 0 Å². The summed E-state index contributed by atoms with van der Waals surface area (Å²) in [6.07, 6.45) is 3.95. The molecule has 100 valence electrons. The summed E-state index contributed by atoms with van der Waals surface area (Å²) in [6.45, 7) is 7.59. The van der Waals surface area contributed by atoms with Gasteiger partial charge in [-0.2, -0.15) is 0 Å². The highest BCUT2D eigenvalue weighted by Crippen LogP contribution is 2.32. The van der Waals surface area contributed by atoms with E-state index in [4.69, 9.17) is 5.73 Å². The Labute approximate surface area is 111 Å². The van der Waals surface area contributed by atoms with Crippen LogP contribution in [0.3, 0.4) is 0 Å². The Balaban J connectivity index is 2.30. The van der Waals surface area contributed by atoms with Crippen molar-refractivity contribution in [1.82, 2.24) is 4.90 Å². The second kappa shape index (κ2) is 5.85. The van der Waals surface area contributed by atoms with Crippen molar-refractivity contribution in [3.8, 4) is 0 Å². The monoisotopic (exact) mass is 246 g/mol. The standard InChI is InChI=1S/C16H26N2/c1-12-7-4-5-10-15(12)16(11-17)18-13(2)8-6-9-14(18)3/h4-5,7,10,13-14,16H,6,8-9,11,17H2,1-3H3/t13-,14+,16?. The van der Waals surface area contributed by atoms with Crippen LogP contribution in [-0.4, -0.2) is 23.5 Å². The van der Waals surface area contributed by atoms with Gasteiger partial charge >= 0.3 is 0 Å². The van der Waals surface area contributed by atoms with Gasteiger partial charge in [-0.1, -0.05) is 30.7 Å². The van der Waals surface area contributed by atoms with Gasteiger partial charge in [-0.15, -0.1) is 0 Å². The van der Waals surface area contributed by atoms with E-state index in [1.807, 2.05) is 0 Å². The molecule has 1 aromatic carbocycles. The third-order valence-corrected chi connectivity index (χ3v) is 4.39. The van der Waals surface area contributed by atoms with Crippen LogP contribution in [0, 0.1) is 6.92 Å². The highest BCUT2D eigenvalue weighted by atomic mass is 15.2. The third kappa shape index (κ3) is 2.60. The number of rotatable bonds is 3. The summed E-state index contributed by atoms with van der Waals surface area (Å²) in [4.78, 5) is 2.63. The molecule has 0 bridgehead atoms. The van der Waals surface area contributed by atoms with Gasteiger partial charge in [-0.05, 0) is 44.7 Å². The maximum absolute atomic E-state index is 6.09. The van der Waals surface area contributed by atoms with Crippen LogP contribution >= 0.6 is 0 Å². The van der Waals surface area contributed by atoms with Gasteiger partial charge in [0.1, 0.15) is 0 Å². The molecule has 1 heterocycles. The lowest BCUT2D eigenvalue weighted by Gasteiger charge is -2.44. The molecule has 0 saturated carbocycles. The maximum Gasteiger partial charge on any atom is 0.0478 e. The molecule has 1 fully saturated rings. The van der Waals surface area contributed by atoms with Gasteiger partial charge in [-0.3, -0.25) is 4.90 Å². The van der Waals surface area contributed by atoms with E-state index in [1.165, 1.54) is 30.4 Å². The first kappa shape index (κ1) is 13.6. The molecular formula is C16H26N2. The molecule has 1 aliphatic rings. The Hall–Kier alpha value is -0.860. The van der Waals surface area contributed by atoms with Crippen LogP contribution in [-0.2, 0) is 0 Å². The zero-order valence-corrected chi connectivity index (χ0v) is 11.9. The van der Waals surface area contributed by atoms with Crippen molar-refractivity contribution in [1.29, 1.82) is 0 Å². The van der Waals surface area contributed by atoms with Gasteiger partial charge in [0.15, 0.2) is 0 Å². The van der Waals surface area contributed by atoms with E-state index in [9.17, 15) is 0 Å². The highest BCUT2D eigenvalue weighted by Gasteiger charge is 2.31. The largest absolute Gasteiger partial charge is 0.329 e. The summed E-state index contributed by atoms with van der Waals surface area (Å²) in [5.74, 6) is 0. The van der Waals surface area contributed by atoms with Crippen LogP contribution in [0.4, 0.5) is 0 Å². The summed E-state index contributed by atoms with van der Waals surface area (Å²) in [5, 5.41) is 0. The summed E-state index contributed by atoms with van der Waals surface area (Å²) in [7, 11) is 0. The van der Waals surface area contributed by atoms with E-state index in [2.05, 4.69) is 49.9 Å². The quantitative estimate of drug-likeness (QED) is 0.887. The lowest BCUT2D eigenvalue weighted by Crippen LogP contribution is -2.48. The lowest BCUT2D eigenvalue weighted by atomic mass is 9.91. The fourth-order valence-electron chi connectivity index (χ4n) is 3.43. The van der Waals surface area contributed by atoms with Gasteiger partial charge in [0, 0.05) is 24.7 Å². The molecule has 1 unspecified atom stereocenters. The van der Waals surface area contributed by atoms with Crippen molar-refractivity contribution in [2.45, 2.75) is 58.2 Å². The highest BCUT2D eigenvalue weighted by molar-refractivity contribution is 5.29. The molecule has 2 heteroatoms. The molecule has 3 atom stereocenters. The second-order valence-electron chi connectivity index (χ2n) is 5.68. The Morgan fingerprint density at radius 1 is 1.22 bits per heavy atom. The summed E-state index contributed by atoms with van der Waals surface area (Å²) in [6, 6.07) is 10.3. The number of nitrogens with two attached hydrogens (primary N) is 1. The van der Waals surface area contributed by atoms with Gasteiger partial charge in [0.05, 0.1) is 0 Å². The lowest BCUT2D eigenvalue weighted by molar-refractivity contribution is 0.0575. The third-order valence-electron chi connectivity index (χ3n) is 4.39. The fraction of sp³-hybridized carbons (Fsp3) is 0.625. The average Bonchev–Trinajstić information content (AvgIpc) is 2.35. The maximum atomic E-state index is 6.09. The second-order valence-corrected chi connectivity index (χ2v) is 5.68. The number of aryl methyl sites for hydroxylation is 1. The van der Waals surface area contributed by atoms with Crippen molar-refractivity contribution in [3.05, 3.63) is 35.4 Å². The molecule has 1 saturated heterocycles. The van der Waals surface area contributed by atoms with Crippen molar-refractivity contribution < 1.29 is 0 Å². The minimum absolute atomic E-state index is 0.372. The van der Waals surface area contributed by atoms with E-state index in [0.29, 0.717) is 24.7 Å². The van der Waals surface area contributed by atoms with E-state index < -0.39 is 0 Å². The van der Waals surface area contributed by atoms with E-state index in [-0.39, 0.29) is 0 Å². The minimum atomic E-state index is 0.372. The van der Waals surface area contributed by atoms with Crippen LogP contribution in [0.25, 0.3) is 0 Å². The molecule has 2 rings (SSSR count). The molecule has 1 aromatic rings. The molecular weight excluding hydrogens is 220 g/mol. The Kier molecular flexibility index (Phi) is 4.41. The number of benzene rings is 1. The Morgan fingerprint density at radius 2 is 1.83 bits per heavy atom. The molecule has 0 amide bonds. The smallest absolute Gasteiger partial charge is 0.0478 e. The van der Waals surface area contributed by atoms with Gasteiger partial charge in [-0.25, -0.2) is 0 Å². The van der Waals surface area contributed by atoms with Crippen LogP contribution in [0.5, 0.6) is 0 Å². The zero-order chi connectivity index (χ0) is 13.1. The fourth-order valence-corrected chi connectivity index (χ4v) is 3.43. The first-order valence-corrected chi connectivity index (χ1v) is 7.18. The van der Waals surface area contributed by atoms with Crippen molar-refractivity contribution in [2.75, 3.05) is 6.54 Å². The van der Waals surface area contributed by atoms with Crippen LogP contribution in [0.2, 0.25) is 0 Å². The van der Waals surface area contributed by atoms with E-state index in [1.54, 1.807) is 0 Å². The minimum Gasteiger partial charge on any atom is -0.329 e. The van der Waals surface area contributed by atoms with E-state index in [0.717, 1.165) is 0 Å². The first-order chi connectivity index (χ1) is 8.65. The number of hydrogen-bond donors (Lipinski definition) is 1. The topological polar surface area (TPSA) is 29.3 Å². The zero-order valence-electron chi connectivity index (χ0n) is 11.9. The van der Waals surface area contributed by atoms with Crippen molar-refractivity contribution >= 4 is 0 Å². The number of nitrogens with zero attached hydrogens (tertiary/aromatic N) is 1. The summed E-state index contributed by atoms with van der Waals surface area (Å²) >= 11 is 0. The number of likely N-dealkylation sites (tertiary alicyclic amines) is 1. The number of hydrogen-bond acceptors (Lipinski definition) is 2. The van der Waals surface area contributed by atoms with Crippen LogP contribution in [0.15, 0.2) is 24.3 Å². The average molecular weight is 246 g/mol. The Morgan fingerprint density at radius 3 is 2.39 bits per heavy atom. The molecule has 0 aliphatic carbocycles. The molecule has 0 aromatic heterocycles. The Bertz CT molecular complexity index is 378. The van der Waals surface area contributed by atoms with Crippen LogP contribution in [0.1, 0.15) is 50.3 Å². The molecule has 0 spiro atoms. The van der Waals surface area contributed by atoms with Crippen molar-refractivity contribution in [3.63, 3.8) is 0 Å². The predicted molar refractivity (Wildman–Crippen MR) is 77.6 cm³/mol. The van der Waals surface area contributed by atoms with Gasteiger partial charge in [0.2, 0.25) is 0 Å². The molecule has 2 N–H and O–H groups in total. The summed E-state index contributed by atoms with van der Waals surface area (Å²) < 4.78 is 0. The normalized spacial score (nSPS) is 27.1. The van der Waals surface area contributed by atoms with Crippen LogP contribution < -0.4 is 5.73 Å². The molecule has 2 nitrogen and oxygen atoms in total. The van der Waals surface area contributed by atoms with Crippen molar-refractivity contribution in [2.24, 2.45) is 5.73 Å². The number of piperidine rings is 1.